The molecule has 1 aliphatic rings. The number of benzene rings is 2. The number of hydrogen-bond acceptors (Lipinski definition) is 3. The summed E-state index contributed by atoms with van der Waals surface area (Å²) in [6, 6.07) is 14.0. The first kappa shape index (κ1) is 19.6. The van der Waals surface area contributed by atoms with E-state index in [1.54, 1.807) is 61.7 Å². The predicted molar refractivity (Wildman–Crippen MR) is 108 cm³/mol. The molecule has 2 aromatic carbocycles. The lowest BCUT2D eigenvalue weighted by Gasteiger charge is -2.20. The number of rotatable bonds is 7. The summed E-state index contributed by atoms with van der Waals surface area (Å²) in [6.45, 7) is 0.284. The molecule has 7 heteroatoms. The maximum absolute atomic E-state index is 12.8. The van der Waals surface area contributed by atoms with Gasteiger partial charge in [0.15, 0.2) is 0 Å². The van der Waals surface area contributed by atoms with E-state index in [9.17, 15) is 13.2 Å². The van der Waals surface area contributed by atoms with Crippen LogP contribution < -0.4 is 5.32 Å². The van der Waals surface area contributed by atoms with Crippen LogP contribution in [0.2, 0.25) is 5.02 Å². The predicted octanol–water partition coefficient (Wildman–Crippen LogP) is 3.66. The van der Waals surface area contributed by atoms with Crippen molar-refractivity contribution in [3.63, 3.8) is 0 Å². The molecule has 3 rings (SSSR count). The van der Waals surface area contributed by atoms with Crippen LogP contribution in [-0.4, -0.2) is 31.7 Å². The van der Waals surface area contributed by atoms with Crippen LogP contribution in [0.1, 0.15) is 34.3 Å². The summed E-state index contributed by atoms with van der Waals surface area (Å²) in [6.07, 6.45) is 3.31. The molecule has 1 amide bonds. The number of nitrogens with zero attached hydrogens (tertiary/aromatic N) is 1. The van der Waals surface area contributed by atoms with E-state index >= 15 is 0 Å². The highest BCUT2D eigenvalue weighted by molar-refractivity contribution is 7.92. The van der Waals surface area contributed by atoms with E-state index in [0.29, 0.717) is 10.6 Å². The Balaban J connectivity index is 1.76. The molecule has 0 spiro atoms. The van der Waals surface area contributed by atoms with Gasteiger partial charge in [0.1, 0.15) is 0 Å². The Labute approximate surface area is 164 Å². The Morgan fingerprint density at radius 2 is 1.78 bits per heavy atom. The lowest BCUT2D eigenvalue weighted by molar-refractivity contribution is 0.0963. The molecule has 142 valence electrons. The highest BCUT2D eigenvalue weighted by atomic mass is 35.5. The Morgan fingerprint density at radius 1 is 1.15 bits per heavy atom. The summed E-state index contributed by atoms with van der Waals surface area (Å²) >= 11 is 5.86. The molecule has 0 bridgehead atoms. The lowest BCUT2D eigenvalue weighted by atomic mass is 10.1. The molecule has 0 saturated heterocycles. The number of amides is 1. The topological polar surface area (TPSA) is 66.5 Å². The van der Waals surface area contributed by atoms with Gasteiger partial charge in [0.05, 0.1) is 0 Å². The molecule has 0 aromatic heterocycles. The molecule has 0 aliphatic heterocycles. The third kappa shape index (κ3) is 5.19. The lowest BCUT2D eigenvalue weighted by Crippen LogP contribution is -2.31. The van der Waals surface area contributed by atoms with Crippen LogP contribution >= 0.6 is 11.6 Å². The highest BCUT2D eigenvalue weighted by Gasteiger charge is 2.36. The fourth-order valence-electron chi connectivity index (χ4n) is 2.69. The Bertz CT molecular complexity index is 934. The van der Waals surface area contributed by atoms with Crippen molar-refractivity contribution in [2.45, 2.75) is 25.4 Å². The van der Waals surface area contributed by atoms with Crippen LogP contribution in [0.15, 0.2) is 53.9 Å². The van der Waals surface area contributed by atoms with Gasteiger partial charge in [-0.15, -0.1) is 0 Å². The monoisotopic (exact) mass is 404 g/mol. The van der Waals surface area contributed by atoms with Gasteiger partial charge < -0.3 is 5.32 Å². The van der Waals surface area contributed by atoms with Crippen molar-refractivity contribution in [1.82, 2.24) is 9.62 Å². The zero-order valence-corrected chi connectivity index (χ0v) is 16.5. The van der Waals surface area contributed by atoms with E-state index in [1.165, 1.54) is 9.71 Å². The maximum Gasteiger partial charge on any atom is 0.251 e. The normalized spacial score (nSPS) is 14.6. The molecule has 2 aromatic rings. The minimum Gasteiger partial charge on any atom is -0.355 e. The molecule has 0 atom stereocenters. The number of carbonyl (C=O) groups excluding carboxylic acids is 1. The summed E-state index contributed by atoms with van der Waals surface area (Å²) in [5.41, 5.74) is 2.16. The molecule has 1 N–H and O–H groups in total. The molecule has 5 nitrogen and oxygen atoms in total. The third-order valence-electron chi connectivity index (χ3n) is 4.37. The van der Waals surface area contributed by atoms with Gasteiger partial charge in [-0.2, -0.15) is 4.31 Å². The average molecular weight is 405 g/mol. The summed E-state index contributed by atoms with van der Waals surface area (Å²) in [4.78, 5) is 11.6. The third-order valence-corrected chi connectivity index (χ3v) is 6.18. The number of carbonyl (C=O) groups is 1. The first-order chi connectivity index (χ1) is 12.9. The van der Waals surface area contributed by atoms with E-state index in [0.717, 1.165) is 24.0 Å². The quantitative estimate of drug-likeness (QED) is 0.765. The number of sulfonamides is 1. The molecule has 0 radical (unpaired) electrons. The minimum absolute atomic E-state index is 0.0310. The molecular formula is C20H21ClN2O3S. The SMILES string of the molecule is CNC(=O)c1ccc(CN(C2CC2)S(=O)(=O)/C=C/c2ccc(Cl)cc2)cc1. The standard InChI is InChI=1S/C20H21ClN2O3S/c1-22-20(24)17-6-2-16(3-7-17)14-23(19-10-11-19)27(25,26)13-12-15-4-8-18(21)9-5-15/h2-9,12-13,19H,10-11,14H2,1H3,(H,22,24)/b13-12+. The second-order valence-electron chi connectivity index (χ2n) is 6.45. The fraction of sp³-hybridized carbons (Fsp3) is 0.250. The van der Waals surface area contributed by atoms with Crippen molar-refractivity contribution in [2.24, 2.45) is 0 Å². The number of hydrogen-bond donors (Lipinski definition) is 1. The van der Waals surface area contributed by atoms with Gasteiger partial charge in [0, 0.05) is 35.6 Å². The Hall–Kier alpha value is -2.15. The average Bonchev–Trinajstić information content (AvgIpc) is 3.50. The van der Waals surface area contributed by atoms with Crippen LogP contribution in [0.3, 0.4) is 0 Å². The van der Waals surface area contributed by atoms with Crippen molar-refractivity contribution in [3.05, 3.63) is 75.7 Å². The Morgan fingerprint density at radius 3 is 2.33 bits per heavy atom. The second-order valence-corrected chi connectivity index (χ2v) is 8.66. The first-order valence-corrected chi connectivity index (χ1v) is 10.5. The van der Waals surface area contributed by atoms with Gasteiger partial charge in [-0.05, 0) is 54.3 Å². The van der Waals surface area contributed by atoms with Crippen LogP contribution in [0.5, 0.6) is 0 Å². The van der Waals surface area contributed by atoms with Crippen LogP contribution in [0, 0.1) is 0 Å². The van der Waals surface area contributed by atoms with E-state index in [1.807, 2.05) is 0 Å². The van der Waals surface area contributed by atoms with Gasteiger partial charge in [-0.25, -0.2) is 8.42 Å². The van der Waals surface area contributed by atoms with Crippen molar-refractivity contribution >= 4 is 33.6 Å². The van der Waals surface area contributed by atoms with Crippen molar-refractivity contribution < 1.29 is 13.2 Å². The largest absolute Gasteiger partial charge is 0.355 e. The second kappa shape index (κ2) is 8.25. The molecule has 0 unspecified atom stereocenters. The number of nitrogens with one attached hydrogen (secondary N) is 1. The summed E-state index contributed by atoms with van der Waals surface area (Å²) in [5, 5.41) is 4.42. The van der Waals surface area contributed by atoms with Crippen LogP contribution in [0.4, 0.5) is 0 Å². The van der Waals surface area contributed by atoms with Crippen molar-refractivity contribution in [1.29, 1.82) is 0 Å². The zero-order valence-electron chi connectivity index (χ0n) is 14.9. The molecule has 1 aliphatic carbocycles. The van der Waals surface area contributed by atoms with Crippen LogP contribution in [-0.2, 0) is 16.6 Å². The summed E-state index contributed by atoms with van der Waals surface area (Å²) in [5.74, 6) is -0.167. The van der Waals surface area contributed by atoms with E-state index < -0.39 is 10.0 Å². The zero-order chi connectivity index (χ0) is 19.4. The molecule has 1 saturated carbocycles. The van der Waals surface area contributed by atoms with Crippen molar-refractivity contribution in [3.8, 4) is 0 Å². The van der Waals surface area contributed by atoms with Gasteiger partial charge in [0.25, 0.3) is 5.91 Å². The van der Waals surface area contributed by atoms with Gasteiger partial charge >= 0.3 is 0 Å². The minimum atomic E-state index is -3.56. The smallest absolute Gasteiger partial charge is 0.251 e. The van der Waals surface area contributed by atoms with Gasteiger partial charge in [0.2, 0.25) is 10.0 Å². The van der Waals surface area contributed by atoms with E-state index in [4.69, 9.17) is 11.6 Å². The molecule has 1 fully saturated rings. The van der Waals surface area contributed by atoms with E-state index in [-0.39, 0.29) is 18.5 Å². The van der Waals surface area contributed by atoms with E-state index in [2.05, 4.69) is 5.32 Å². The fourth-order valence-corrected chi connectivity index (χ4v) is 4.26. The molecular weight excluding hydrogens is 384 g/mol. The highest BCUT2D eigenvalue weighted by Crippen LogP contribution is 2.31. The summed E-state index contributed by atoms with van der Waals surface area (Å²) < 4.78 is 27.2. The van der Waals surface area contributed by atoms with Crippen LogP contribution in [0.25, 0.3) is 6.08 Å². The molecule has 0 heterocycles. The Kier molecular flexibility index (Phi) is 5.99. The molecule has 27 heavy (non-hydrogen) atoms. The number of halogens is 1. The van der Waals surface area contributed by atoms with Crippen molar-refractivity contribution in [2.75, 3.05) is 7.05 Å². The van der Waals surface area contributed by atoms with Gasteiger partial charge in [-0.1, -0.05) is 35.9 Å². The van der Waals surface area contributed by atoms with Gasteiger partial charge in [-0.3, -0.25) is 4.79 Å². The maximum atomic E-state index is 12.8. The summed E-state index contributed by atoms with van der Waals surface area (Å²) in [7, 11) is -1.98. The first-order valence-electron chi connectivity index (χ1n) is 8.65.